The van der Waals surface area contributed by atoms with E-state index in [2.05, 4.69) is 5.32 Å². The van der Waals surface area contributed by atoms with Gasteiger partial charge >= 0.3 is 0 Å². The highest BCUT2D eigenvalue weighted by molar-refractivity contribution is 6.07. The van der Waals surface area contributed by atoms with Crippen molar-refractivity contribution >= 4 is 35.6 Å². The van der Waals surface area contributed by atoms with Crippen LogP contribution in [0.15, 0.2) is 60.7 Å². The normalized spacial score (nSPS) is 14.0. The Balaban J connectivity index is 2.29. The molecule has 0 aliphatic heterocycles. The third-order valence-corrected chi connectivity index (χ3v) is 5.56. The Kier molecular flexibility index (Phi) is 10.6. The van der Waals surface area contributed by atoms with E-state index in [1.54, 1.807) is 66.9 Å². The molecule has 10 heteroatoms. The lowest BCUT2D eigenvalue weighted by Crippen LogP contribution is -2.52. The fourth-order valence-corrected chi connectivity index (χ4v) is 3.74. The zero-order valence-corrected chi connectivity index (χ0v) is 19.6. The van der Waals surface area contributed by atoms with Gasteiger partial charge in [-0.25, -0.2) is 0 Å². The van der Waals surface area contributed by atoms with Gasteiger partial charge in [-0.05, 0) is 24.0 Å². The third kappa shape index (κ3) is 8.55. The first-order chi connectivity index (χ1) is 17.1. The zero-order chi connectivity index (χ0) is 26.7. The highest BCUT2D eigenvalue weighted by Gasteiger charge is 2.36. The van der Waals surface area contributed by atoms with Gasteiger partial charge < -0.3 is 22.5 Å². The van der Waals surface area contributed by atoms with Crippen molar-refractivity contribution in [1.29, 1.82) is 0 Å². The van der Waals surface area contributed by atoms with Crippen molar-refractivity contribution in [3.63, 3.8) is 0 Å². The molecule has 3 amide bonds. The molecular formula is C26H29N4O6. The molecule has 189 valence electrons. The third-order valence-electron chi connectivity index (χ3n) is 5.56. The Labute approximate surface area is 208 Å². The molecule has 2 aromatic carbocycles. The van der Waals surface area contributed by atoms with Crippen molar-refractivity contribution in [3.8, 4) is 0 Å². The zero-order valence-electron chi connectivity index (χ0n) is 19.6. The molecule has 2 unspecified atom stereocenters. The average molecular weight is 494 g/mol. The number of ketones is 2. The number of nitrogens with one attached hydrogen (secondary N) is 1. The van der Waals surface area contributed by atoms with Crippen LogP contribution in [0, 0.1) is 11.8 Å². The number of hydrogen-bond acceptors (Lipinski definition) is 7. The van der Waals surface area contributed by atoms with Gasteiger partial charge in [-0.3, -0.25) is 28.8 Å². The van der Waals surface area contributed by atoms with Crippen LogP contribution >= 0.6 is 0 Å². The number of primary amides is 2. The molecule has 10 nitrogen and oxygen atoms in total. The highest BCUT2D eigenvalue weighted by Crippen LogP contribution is 2.16. The maximum atomic E-state index is 13.2. The largest absolute Gasteiger partial charge is 0.370 e. The number of benzene rings is 2. The number of Topliss-reactive ketones (excluding diaryl/α,β-unsaturated/α-hetero) is 2. The molecule has 0 fully saturated rings. The number of carbonyl (C=O) groups excluding carboxylic acids is 6. The van der Waals surface area contributed by atoms with E-state index in [1.165, 1.54) is 0 Å². The first-order valence-corrected chi connectivity index (χ1v) is 11.3. The van der Waals surface area contributed by atoms with Gasteiger partial charge in [0.05, 0.1) is 24.4 Å². The van der Waals surface area contributed by atoms with E-state index in [1.807, 2.05) is 0 Å². The summed E-state index contributed by atoms with van der Waals surface area (Å²) < 4.78 is 0. The van der Waals surface area contributed by atoms with Gasteiger partial charge in [-0.15, -0.1) is 0 Å². The Morgan fingerprint density at radius 2 is 1.25 bits per heavy atom. The highest BCUT2D eigenvalue weighted by atomic mass is 16.2. The summed E-state index contributed by atoms with van der Waals surface area (Å²) in [5, 5.41) is 2.40. The molecule has 0 aliphatic rings. The summed E-state index contributed by atoms with van der Waals surface area (Å²) in [6, 6.07) is 14.4. The summed E-state index contributed by atoms with van der Waals surface area (Å²) in [4.78, 5) is 73.9. The van der Waals surface area contributed by atoms with Crippen LogP contribution < -0.4 is 22.5 Å². The lowest BCUT2D eigenvalue weighted by Gasteiger charge is -2.24. The van der Waals surface area contributed by atoms with Crippen molar-refractivity contribution in [1.82, 2.24) is 5.32 Å². The lowest BCUT2D eigenvalue weighted by molar-refractivity contribution is -0.138. The second-order valence-corrected chi connectivity index (χ2v) is 8.42. The Bertz CT molecular complexity index is 1090. The van der Waals surface area contributed by atoms with Crippen molar-refractivity contribution in [2.75, 3.05) is 0 Å². The molecule has 0 bridgehead atoms. The smallest absolute Gasteiger partial charge is 0.231 e. The Morgan fingerprint density at radius 3 is 1.72 bits per heavy atom. The molecule has 1 radical (unpaired) electrons. The summed E-state index contributed by atoms with van der Waals surface area (Å²) in [6.45, 7) is 0. The molecule has 0 saturated heterocycles. The lowest BCUT2D eigenvalue weighted by atomic mass is 9.87. The minimum absolute atomic E-state index is 0.00413. The van der Waals surface area contributed by atoms with Crippen LogP contribution in [0.5, 0.6) is 0 Å². The molecule has 0 saturated carbocycles. The van der Waals surface area contributed by atoms with Gasteiger partial charge in [0, 0.05) is 6.42 Å². The van der Waals surface area contributed by atoms with Crippen molar-refractivity contribution in [2.45, 2.75) is 37.8 Å². The van der Waals surface area contributed by atoms with Crippen LogP contribution in [0.2, 0.25) is 0 Å². The number of amides is 3. The van der Waals surface area contributed by atoms with Crippen LogP contribution in [-0.4, -0.2) is 47.7 Å². The van der Waals surface area contributed by atoms with Crippen molar-refractivity contribution in [2.24, 2.45) is 29.0 Å². The van der Waals surface area contributed by atoms with Gasteiger partial charge in [0.2, 0.25) is 24.0 Å². The average Bonchev–Trinajstić information content (AvgIpc) is 2.85. The summed E-state index contributed by atoms with van der Waals surface area (Å²) >= 11 is 0. The summed E-state index contributed by atoms with van der Waals surface area (Å²) in [6.07, 6.45) is 0.533. The molecule has 4 atom stereocenters. The van der Waals surface area contributed by atoms with Crippen LogP contribution in [0.25, 0.3) is 0 Å². The predicted octanol–water partition coefficient (Wildman–Crippen LogP) is -0.485. The molecule has 0 aromatic heterocycles. The number of hydrogen-bond donors (Lipinski definition) is 4. The van der Waals surface area contributed by atoms with Crippen molar-refractivity contribution < 1.29 is 28.8 Å². The first-order valence-electron chi connectivity index (χ1n) is 11.3. The standard InChI is InChI=1S/C26H29N4O6/c27-20(13-22(28)32)25(35)19(12-17-9-5-2-6-10-17)26(36)30-21(14-23(29)33)24(34)18(15-31)11-16-7-3-1-4-8-16/h1-10,18-21H,11-14,27H2,(H2,28,32)(H2,29,33)(H,30,36)/t18?,19?,20-,21-/m0/s1. The molecule has 0 spiro atoms. The molecule has 0 aliphatic carbocycles. The molecule has 0 heterocycles. The fraction of sp³-hybridized carbons (Fsp3) is 0.308. The summed E-state index contributed by atoms with van der Waals surface area (Å²) in [5.41, 5.74) is 17.5. The maximum Gasteiger partial charge on any atom is 0.231 e. The summed E-state index contributed by atoms with van der Waals surface area (Å²) in [5.74, 6) is -6.81. The summed E-state index contributed by atoms with van der Waals surface area (Å²) in [7, 11) is 0. The van der Waals surface area contributed by atoms with E-state index in [0.717, 1.165) is 0 Å². The predicted molar refractivity (Wildman–Crippen MR) is 131 cm³/mol. The van der Waals surface area contributed by atoms with Crippen LogP contribution in [0.3, 0.4) is 0 Å². The Hall–Kier alpha value is -4.18. The molecule has 2 rings (SSSR count). The van der Waals surface area contributed by atoms with E-state index < -0.39 is 66.0 Å². The molecule has 7 N–H and O–H groups in total. The number of carbonyl (C=O) groups is 5. The fourth-order valence-electron chi connectivity index (χ4n) is 3.74. The minimum Gasteiger partial charge on any atom is -0.370 e. The Morgan fingerprint density at radius 1 is 0.750 bits per heavy atom. The van der Waals surface area contributed by atoms with Crippen LogP contribution in [-0.2, 0) is 41.6 Å². The quantitative estimate of drug-likeness (QED) is 0.240. The SMILES string of the molecule is NC(=O)C[C@H](NC(=O)C(Cc1ccccc1)C(=O)[C@@H](N)CC(N)=O)C(=O)C([C]=O)Cc1ccccc1. The molecule has 2 aromatic rings. The van der Waals surface area contributed by atoms with E-state index >= 15 is 0 Å². The second kappa shape index (κ2) is 13.6. The van der Waals surface area contributed by atoms with Crippen molar-refractivity contribution in [3.05, 3.63) is 71.8 Å². The van der Waals surface area contributed by atoms with Gasteiger partial charge in [0.15, 0.2) is 11.6 Å². The molecular weight excluding hydrogens is 464 g/mol. The van der Waals surface area contributed by atoms with Gasteiger partial charge in [-0.2, -0.15) is 0 Å². The van der Waals surface area contributed by atoms with Crippen LogP contribution in [0.4, 0.5) is 0 Å². The topological polar surface area (TPSA) is 193 Å². The monoisotopic (exact) mass is 493 g/mol. The molecule has 36 heavy (non-hydrogen) atoms. The van der Waals surface area contributed by atoms with E-state index in [4.69, 9.17) is 17.2 Å². The minimum atomic E-state index is -1.47. The maximum absolute atomic E-state index is 13.2. The number of nitrogens with two attached hydrogens (primary N) is 3. The van der Waals surface area contributed by atoms with Gasteiger partial charge in [0.1, 0.15) is 5.92 Å². The van der Waals surface area contributed by atoms with E-state index in [-0.39, 0.29) is 12.8 Å². The first kappa shape index (κ1) is 28.1. The van der Waals surface area contributed by atoms with E-state index in [9.17, 15) is 28.8 Å². The van der Waals surface area contributed by atoms with Gasteiger partial charge in [-0.1, -0.05) is 60.7 Å². The van der Waals surface area contributed by atoms with Gasteiger partial charge in [0.25, 0.3) is 0 Å². The number of rotatable bonds is 15. The van der Waals surface area contributed by atoms with Crippen LogP contribution in [0.1, 0.15) is 24.0 Å². The van der Waals surface area contributed by atoms with E-state index in [0.29, 0.717) is 11.1 Å². The second-order valence-electron chi connectivity index (χ2n) is 8.42.